The van der Waals surface area contributed by atoms with Gasteiger partial charge in [0.05, 0.1) is 0 Å². The lowest BCUT2D eigenvalue weighted by Crippen LogP contribution is -2.51. The van der Waals surface area contributed by atoms with Crippen LogP contribution in [0.25, 0.3) is 0 Å². The molecule has 4 heteroatoms. The zero-order valence-corrected chi connectivity index (χ0v) is 23.7. The standard InChI is InChI=1S/C23H36N2O.C9H11F/c1-8-10-17(3)21(20(9-2)19-11-12-19)18(4)24-13-15-25(16-14-24)22(26)23(5,6)7;1-2-4-8-5-3-6-9(10)7-8/h8-10,19H,1,11-16H2,2-7H3;3,5-7H,2,4H2,1H3/b17-10-,20-9-,21-18-;. The molecule has 0 aromatic heterocycles. The van der Waals surface area contributed by atoms with Crippen molar-refractivity contribution < 1.29 is 9.18 Å². The maximum absolute atomic E-state index is 12.5. The van der Waals surface area contributed by atoms with Gasteiger partial charge in [-0.15, -0.1) is 0 Å². The summed E-state index contributed by atoms with van der Waals surface area (Å²) in [5.41, 5.74) is 6.26. The van der Waals surface area contributed by atoms with Crippen LogP contribution in [-0.4, -0.2) is 41.9 Å². The third-order valence-electron chi connectivity index (χ3n) is 6.85. The molecule has 2 fully saturated rings. The summed E-state index contributed by atoms with van der Waals surface area (Å²) in [7, 11) is 0. The maximum Gasteiger partial charge on any atom is 0.228 e. The van der Waals surface area contributed by atoms with E-state index < -0.39 is 0 Å². The van der Waals surface area contributed by atoms with Gasteiger partial charge in [-0.1, -0.05) is 71.1 Å². The molecule has 0 N–H and O–H groups in total. The molecule has 0 atom stereocenters. The molecule has 1 aliphatic carbocycles. The second-order valence-corrected chi connectivity index (χ2v) is 11.0. The summed E-state index contributed by atoms with van der Waals surface area (Å²) in [6.45, 7) is 22.0. The smallest absolute Gasteiger partial charge is 0.228 e. The fourth-order valence-corrected chi connectivity index (χ4v) is 4.82. The first-order valence-electron chi connectivity index (χ1n) is 13.5. The molecule has 198 valence electrons. The van der Waals surface area contributed by atoms with Crippen molar-refractivity contribution in [2.75, 3.05) is 26.2 Å². The summed E-state index contributed by atoms with van der Waals surface area (Å²) in [5, 5.41) is 0. The van der Waals surface area contributed by atoms with Crippen molar-refractivity contribution in [3.8, 4) is 0 Å². The fourth-order valence-electron chi connectivity index (χ4n) is 4.82. The molecule has 0 bridgehead atoms. The number of halogens is 1. The van der Waals surface area contributed by atoms with E-state index in [4.69, 9.17) is 0 Å². The molecule has 1 saturated carbocycles. The number of aryl methyl sites for hydroxylation is 1. The average molecular weight is 495 g/mol. The van der Waals surface area contributed by atoms with E-state index in [2.05, 4.69) is 51.3 Å². The number of hydrogen-bond donors (Lipinski definition) is 0. The highest BCUT2D eigenvalue weighted by Crippen LogP contribution is 2.43. The first-order valence-corrected chi connectivity index (χ1v) is 13.5. The summed E-state index contributed by atoms with van der Waals surface area (Å²) in [6, 6.07) is 6.76. The van der Waals surface area contributed by atoms with Gasteiger partial charge in [-0.05, 0) is 80.4 Å². The van der Waals surface area contributed by atoms with Crippen molar-refractivity contribution in [1.29, 1.82) is 0 Å². The Kier molecular flexibility index (Phi) is 11.2. The fraction of sp³-hybridized carbons (Fsp3) is 0.531. The first kappa shape index (κ1) is 29.6. The third-order valence-corrected chi connectivity index (χ3v) is 6.85. The van der Waals surface area contributed by atoms with Gasteiger partial charge in [-0.25, -0.2) is 4.39 Å². The van der Waals surface area contributed by atoms with Crippen LogP contribution in [0.4, 0.5) is 4.39 Å². The Hall–Kier alpha value is -2.62. The largest absolute Gasteiger partial charge is 0.371 e. The summed E-state index contributed by atoms with van der Waals surface area (Å²) < 4.78 is 12.5. The van der Waals surface area contributed by atoms with E-state index in [9.17, 15) is 9.18 Å². The Bertz CT molecular complexity index is 984. The molecular weight excluding hydrogens is 447 g/mol. The molecule has 0 spiro atoms. The molecule has 1 heterocycles. The van der Waals surface area contributed by atoms with Crippen LogP contribution >= 0.6 is 0 Å². The first-order chi connectivity index (χ1) is 17.0. The van der Waals surface area contributed by atoms with Crippen LogP contribution in [0.15, 0.2) is 71.5 Å². The maximum atomic E-state index is 12.5. The van der Waals surface area contributed by atoms with Crippen molar-refractivity contribution in [2.45, 2.75) is 74.1 Å². The van der Waals surface area contributed by atoms with E-state index in [0.717, 1.165) is 44.6 Å². The van der Waals surface area contributed by atoms with Crippen LogP contribution in [0, 0.1) is 17.2 Å². The molecular formula is C32H47FN2O. The van der Waals surface area contributed by atoms with Crippen LogP contribution in [0.3, 0.4) is 0 Å². The van der Waals surface area contributed by atoms with E-state index in [1.165, 1.54) is 41.3 Å². The predicted octanol–water partition coefficient (Wildman–Crippen LogP) is 7.72. The number of rotatable bonds is 7. The number of carbonyl (C=O) groups excluding carboxylic acids is 1. The molecule has 1 aromatic carbocycles. The average Bonchev–Trinajstić information content (AvgIpc) is 3.67. The molecule has 1 amide bonds. The van der Waals surface area contributed by atoms with Gasteiger partial charge in [-0.3, -0.25) is 4.79 Å². The van der Waals surface area contributed by atoms with Gasteiger partial charge in [0.15, 0.2) is 0 Å². The highest BCUT2D eigenvalue weighted by atomic mass is 19.1. The zero-order chi connectivity index (χ0) is 26.9. The molecule has 1 saturated heterocycles. The monoisotopic (exact) mass is 494 g/mol. The molecule has 0 unspecified atom stereocenters. The molecule has 36 heavy (non-hydrogen) atoms. The summed E-state index contributed by atoms with van der Waals surface area (Å²) >= 11 is 0. The van der Waals surface area contributed by atoms with E-state index in [1.54, 1.807) is 12.1 Å². The highest BCUT2D eigenvalue weighted by molar-refractivity contribution is 5.81. The van der Waals surface area contributed by atoms with Gasteiger partial charge in [0.2, 0.25) is 5.91 Å². The minimum atomic E-state index is -0.300. The van der Waals surface area contributed by atoms with Gasteiger partial charge in [0, 0.05) is 37.3 Å². The molecule has 2 aliphatic rings. The van der Waals surface area contributed by atoms with Gasteiger partial charge in [-0.2, -0.15) is 0 Å². The van der Waals surface area contributed by atoms with Crippen molar-refractivity contribution >= 4 is 5.91 Å². The second-order valence-electron chi connectivity index (χ2n) is 11.0. The Balaban J connectivity index is 0.000000380. The van der Waals surface area contributed by atoms with E-state index >= 15 is 0 Å². The zero-order valence-electron chi connectivity index (χ0n) is 23.7. The lowest BCUT2D eigenvalue weighted by Gasteiger charge is -2.40. The molecule has 1 aliphatic heterocycles. The van der Waals surface area contributed by atoms with Crippen LogP contribution in [0.5, 0.6) is 0 Å². The number of amides is 1. The normalized spacial score (nSPS) is 17.8. The number of allylic oxidation sites excluding steroid dienone is 7. The SMILES string of the molecule is C=C\C=C(C)/C(C(=C\C)/C1CC1)=C(\C)N1CCN(C(=O)C(C)(C)C)CC1.CCCc1cccc(F)c1. The van der Waals surface area contributed by atoms with Crippen LogP contribution in [0.2, 0.25) is 0 Å². The number of hydrogen-bond acceptors (Lipinski definition) is 2. The Morgan fingerprint density at radius 3 is 2.19 bits per heavy atom. The highest BCUT2D eigenvalue weighted by Gasteiger charge is 2.32. The van der Waals surface area contributed by atoms with Gasteiger partial charge < -0.3 is 9.80 Å². The van der Waals surface area contributed by atoms with Crippen molar-refractivity contribution in [1.82, 2.24) is 9.80 Å². The van der Waals surface area contributed by atoms with Gasteiger partial charge in [0.1, 0.15) is 5.82 Å². The molecule has 3 nitrogen and oxygen atoms in total. The lowest BCUT2D eigenvalue weighted by molar-refractivity contribution is -0.141. The predicted molar refractivity (Wildman–Crippen MR) is 151 cm³/mol. The minimum absolute atomic E-state index is 0.133. The van der Waals surface area contributed by atoms with Crippen molar-refractivity contribution in [3.05, 3.63) is 82.9 Å². The lowest BCUT2D eigenvalue weighted by atomic mass is 9.92. The van der Waals surface area contributed by atoms with Crippen molar-refractivity contribution in [3.63, 3.8) is 0 Å². The van der Waals surface area contributed by atoms with Crippen molar-refractivity contribution in [2.24, 2.45) is 11.3 Å². The molecule has 1 aromatic rings. The topological polar surface area (TPSA) is 23.6 Å². The van der Waals surface area contributed by atoms with Crippen LogP contribution in [0.1, 0.15) is 73.3 Å². The van der Waals surface area contributed by atoms with Crippen LogP contribution < -0.4 is 0 Å². The summed E-state index contributed by atoms with van der Waals surface area (Å²) in [6.07, 6.45) is 10.9. The molecule has 0 radical (unpaired) electrons. The Labute approximate surface area is 219 Å². The number of piperazine rings is 1. The third kappa shape index (κ3) is 8.50. The summed E-state index contributed by atoms with van der Waals surface area (Å²) in [5.74, 6) is 0.835. The Morgan fingerprint density at radius 1 is 1.11 bits per heavy atom. The quantitative estimate of drug-likeness (QED) is 0.362. The molecule has 3 rings (SSSR count). The minimum Gasteiger partial charge on any atom is -0.371 e. The van der Waals surface area contributed by atoms with E-state index in [-0.39, 0.29) is 17.1 Å². The van der Waals surface area contributed by atoms with Gasteiger partial charge in [0.25, 0.3) is 0 Å². The number of carbonyl (C=O) groups is 1. The second kappa shape index (κ2) is 13.6. The van der Waals surface area contributed by atoms with E-state index in [0.29, 0.717) is 5.92 Å². The van der Waals surface area contributed by atoms with Crippen LogP contribution in [-0.2, 0) is 11.2 Å². The number of benzene rings is 1. The summed E-state index contributed by atoms with van der Waals surface area (Å²) in [4.78, 5) is 17.0. The van der Waals surface area contributed by atoms with Gasteiger partial charge >= 0.3 is 0 Å². The Morgan fingerprint density at radius 2 is 1.72 bits per heavy atom. The van der Waals surface area contributed by atoms with E-state index in [1.807, 2.05) is 37.8 Å². The number of nitrogens with zero attached hydrogens (tertiary/aromatic N) is 2.